The van der Waals surface area contributed by atoms with Gasteiger partial charge in [-0.3, -0.25) is 4.79 Å². The van der Waals surface area contributed by atoms with E-state index >= 15 is 0 Å². The molecule has 2 aromatic rings. The Hall–Kier alpha value is -3.74. The molecule has 7 nitrogen and oxygen atoms in total. The number of hydrogen-bond acceptors (Lipinski definition) is 7. The Morgan fingerprint density at radius 2 is 1.62 bits per heavy atom. The number of methoxy groups -OCH3 is 3. The van der Waals surface area contributed by atoms with E-state index in [9.17, 15) is 9.59 Å². The van der Waals surface area contributed by atoms with Crippen molar-refractivity contribution in [3.8, 4) is 17.2 Å². The zero-order valence-electron chi connectivity index (χ0n) is 24.3. The lowest BCUT2D eigenvalue weighted by Gasteiger charge is -2.39. The fourth-order valence-electron chi connectivity index (χ4n) is 7.70. The number of ether oxygens (including phenoxy) is 4. The topological polar surface area (TPSA) is 83.1 Å². The highest BCUT2D eigenvalue weighted by atomic mass is 16.5. The zero-order chi connectivity index (χ0) is 28.6. The number of esters is 1. The summed E-state index contributed by atoms with van der Waals surface area (Å²) in [4.78, 5) is 28.2. The molecule has 7 heteroatoms. The summed E-state index contributed by atoms with van der Waals surface area (Å²) >= 11 is 0. The van der Waals surface area contributed by atoms with E-state index in [2.05, 4.69) is 26.1 Å². The Labute approximate surface area is 235 Å². The summed E-state index contributed by atoms with van der Waals surface area (Å²) in [5.74, 6) is 0.690. The first kappa shape index (κ1) is 26.5. The van der Waals surface area contributed by atoms with Crippen LogP contribution in [0.2, 0.25) is 0 Å². The third kappa shape index (κ3) is 3.49. The fraction of sp³-hybridized carbons (Fsp3) is 0.455. The van der Waals surface area contributed by atoms with Crippen molar-refractivity contribution in [2.24, 2.45) is 16.7 Å². The van der Waals surface area contributed by atoms with Crippen LogP contribution in [0.4, 0.5) is 0 Å². The van der Waals surface area contributed by atoms with Crippen LogP contribution < -0.4 is 19.5 Å². The molecular formula is C33H37NO6. The minimum Gasteiger partial charge on any atom is -0.493 e. The van der Waals surface area contributed by atoms with Gasteiger partial charge in [-0.1, -0.05) is 45.0 Å². The zero-order valence-corrected chi connectivity index (χ0v) is 24.3. The first-order valence-corrected chi connectivity index (χ1v) is 13.9. The lowest BCUT2D eigenvalue weighted by atomic mass is 9.70. The molecule has 4 aliphatic rings. The largest absolute Gasteiger partial charge is 0.493 e. The number of hydrogen-bond donors (Lipinski definition) is 1. The first-order chi connectivity index (χ1) is 19.1. The molecular weight excluding hydrogens is 506 g/mol. The summed E-state index contributed by atoms with van der Waals surface area (Å²) in [6, 6.07) is 11.2. The summed E-state index contributed by atoms with van der Waals surface area (Å²) in [6.45, 7) is 8.74. The number of nitrogens with one attached hydrogen (secondary N) is 1. The van der Waals surface area contributed by atoms with Gasteiger partial charge >= 0.3 is 5.97 Å². The quantitative estimate of drug-likeness (QED) is 0.445. The Morgan fingerprint density at radius 3 is 2.17 bits per heavy atom. The summed E-state index contributed by atoms with van der Waals surface area (Å²) in [6.07, 6.45) is 2.89. The number of ketones is 1. The van der Waals surface area contributed by atoms with Gasteiger partial charge in [-0.25, -0.2) is 4.79 Å². The van der Waals surface area contributed by atoms with Crippen molar-refractivity contribution >= 4 is 17.4 Å². The molecule has 2 fully saturated rings. The molecule has 1 N–H and O–H groups in total. The molecule has 0 amide bonds. The maximum Gasteiger partial charge on any atom is 0.337 e. The number of fused-ring (bicyclic) bond motifs is 4. The van der Waals surface area contributed by atoms with Crippen LogP contribution in [0.3, 0.4) is 0 Å². The van der Waals surface area contributed by atoms with Crippen molar-refractivity contribution < 1.29 is 28.5 Å². The molecule has 0 unspecified atom stereocenters. The van der Waals surface area contributed by atoms with Crippen LogP contribution in [0.1, 0.15) is 74.4 Å². The molecule has 0 aromatic heterocycles. The number of allylic oxidation sites excluding steroid dienone is 2. The van der Waals surface area contributed by atoms with Gasteiger partial charge in [0.2, 0.25) is 5.75 Å². The Bertz CT molecular complexity index is 1480. The summed E-state index contributed by atoms with van der Waals surface area (Å²) in [5.41, 5.74) is 4.48. The number of carbonyl (C=O) groups is 2. The van der Waals surface area contributed by atoms with E-state index in [-0.39, 0.29) is 22.7 Å². The van der Waals surface area contributed by atoms with E-state index in [4.69, 9.17) is 18.9 Å². The molecule has 210 valence electrons. The summed E-state index contributed by atoms with van der Waals surface area (Å²) in [7, 11) is 4.66. The van der Waals surface area contributed by atoms with Gasteiger partial charge in [-0.15, -0.1) is 0 Å². The van der Waals surface area contributed by atoms with Crippen molar-refractivity contribution in [2.75, 3.05) is 21.3 Å². The molecule has 1 heterocycles. The minimum atomic E-state index is -0.684. The highest BCUT2D eigenvalue weighted by molar-refractivity contribution is 6.23. The van der Waals surface area contributed by atoms with Crippen LogP contribution in [0.5, 0.6) is 17.2 Å². The number of rotatable bonds is 6. The van der Waals surface area contributed by atoms with Gasteiger partial charge in [0.05, 0.1) is 32.6 Å². The molecule has 40 heavy (non-hydrogen) atoms. The maximum atomic E-state index is 14.2. The van der Waals surface area contributed by atoms with Gasteiger partial charge in [0.25, 0.3) is 0 Å². The first-order valence-electron chi connectivity index (χ1n) is 13.9. The van der Waals surface area contributed by atoms with Gasteiger partial charge in [-0.2, -0.15) is 0 Å². The molecule has 2 bridgehead atoms. The van der Waals surface area contributed by atoms with Gasteiger partial charge in [0.15, 0.2) is 17.3 Å². The van der Waals surface area contributed by atoms with Crippen LogP contribution in [-0.4, -0.2) is 39.2 Å². The monoisotopic (exact) mass is 543 g/mol. The lowest BCUT2D eigenvalue weighted by molar-refractivity contribution is -0.152. The predicted molar refractivity (Wildman–Crippen MR) is 151 cm³/mol. The van der Waals surface area contributed by atoms with Gasteiger partial charge in [-0.05, 0) is 55.2 Å². The summed E-state index contributed by atoms with van der Waals surface area (Å²) < 4.78 is 23.3. The molecule has 2 saturated carbocycles. The maximum absolute atomic E-state index is 14.2. The van der Waals surface area contributed by atoms with Gasteiger partial charge in [0.1, 0.15) is 6.10 Å². The average molecular weight is 544 g/mol. The van der Waals surface area contributed by atoms with Gasteiger partial charge < -0.3 is 24.3 Å². The number of Topliss-reactive ketones (excluding diaryl/α,β-unsaturated/α-hetero) is 1. The molecule has 2 aromatic carbocycles. The normalized spacial score (nSPS) is 27.8. The fourth-order valence-corrected chi connectivity index (χ4v) is 7.70. The molecule has 4 atom stereocenters. The Balaban J connectivity index is 1.48. The molecule has 0 saturated heterocycles. The number of benzene rings is 2. The lowest BCUT2D eigenvalue weighted by Crippen LogP contribution is -2.39. The number of dihydropyridines is 1. The molecule has 0 spiro atoms. The van der Waals surface area contributed by atoms with Crippen molar-refractivity contribution in [3.63, 3.8) is 0 Å². The smallest absolute Gasteiger partial charge is 0.337 e. The van der Waals surface area contributed by atoms with Crippen LogP contribution in [0.25, 0.3) is 5.70 Å². The van der Waals surface area contributed by atoms with E-state index in [0.29, 0.717) is 51.1 Å². The van der Waals surface area contributed by atoms with Crippen molar-refractivity contribution in [3.05, 3.63) is 69.9 Å². The van der Waals surface area contributed by atoms with Crippen LogP contribution >= 0.6 is 0 Å². The van der Waals surface area contributed by atoms with E-state index in [1.165, 1.54) is 0 Å². The van der Waals surface area contributed by atoms with E-state index in [1.807, 2.05) is 43.3 Å². The van der Waals surface area contributed by atoms with Crippen LogP contribution in [0, 0.1) is 16.7 Å². The molecule has 0 radical (unpaired) electrons. The average Bonchev–Trinajstić information content (AvgIpc) is 3.43. The number of carbonyl (C=O) groups excluding carboxylic acids is 2. The highest BCUT2D eigenvalue weighted by Gasteiger charge is 2.63. The SMILES string of the molecule is COc1cc([C@H]2C(C(=O)O[C@@H]3C[C@@H]4CC[C@]3(C)C4(C)C)=C(C)NC3=C2C(=O)c2ccccc23)cc(OC)c1OC. The third-order valence-corrected chi connectivity index (χ3v) is 10.5. The third-order valence-electron chi connectivity index (χ3n) is 10.5. The molecule has 3 aliphatic carbocycles. The van der Waals surface area contributed by atoms with Crippen LogP contribution in [0.15, 0.2) is 53.2 Å². The Kier molecular flexibility index (Phi) is 6.06. The van der Waals surface area contributed by atoms with E-state index < -0.39 is 11.9 Å². The second kappa shape index (κ2) is 9.15. The van der Waals surface area contributed by atoms with Crippen LogP contribution in [-0.2, 0) is 9.53 Å². The van der Waals surface area contributed by atoms with Crippen molar-refractivity contribution in [1.82, 2.24) is 5.32 Å². The van der Waals surface area contributed by atoms with Gasteiger partial charge in [0, 0.05) is 33.7 Å². The second-order valence-electron chi connectivity index (χ2n) is 12.2. The van der Waals surface area contributed by atoms with E-state index in [1.54, 1.807) is 21.3 Å². The second-order valence-corrected chi connectivity index (χ2v) is 12.2. The van der Waals surface area contributed by atoms with Crippen molar-refractivity contribution in [2.45, 2.75) is 59.0 Å². The molecule has 1 aliphatic heterocycles. The molecule has 6 rings (SSSR count). The van der Waals surface area contributed by atoms with E-state index in [0.717, 1.165) is 30.5 Å². The summed E-state index contributed by atoms with van der Waals surface area (Å²) in [5, 5.41) is 3.41. The predicted octanol–water partition coefficient (Wildman–Crippen LogP) is 6.04. The standard InChI is InChI=1S/C33H37NO6/c1-17-25(31(36)40-24-16-19-12-13-33(24,4)32(19,2)3)26(18-14-22(37-5)30(39-7)23(15-18)38-6)27-28(34-17)20-10-8-9-11-21(20)29(27)35/h8-11,14-15,19,24,26,34H,12-13,16H2,1-7H3/t19-,24+,26-,33-/m0/s1. The Morgan fingerprint density at radius 1 is 0.975 bits per heavy atom. The minimum absolute atomic E-state index is 0.0875. The van der Waals surface area contributed by atoms with Crippen molar-refractivity contribution in [1.29, 1.82) is 0 Å². The highest BCUT2D eigenvalue weighted by Crippen LogP contribution is 2.66.